The summed E-state index contributed by atoms with van der Waals surface area (Å²) in [6.45, 7) is 3.40. The van der Waals surface area contributed by atoms with Crippen molar-refractivity contribution in [1.29, 1.82) is 0 Å². The first-order valence-corrected chi connectivity index (χ1v) is 7.97. The number of nitrogens with one attached hydrogen (secondary N) is 1. The molecule has 0 saturated carbocycles. The SMILES string of the molecule is C[C@@H](NC(=O)[C@@H]1CCCO1)c1cccc(N2CCCC2=O)c1. The molecule has 0 radical (unpaired) electrons. The summed E-state index contributed by atoms with van der Waals surface area (Å²) >= 11 is 0. The molecule has 0 aliphatic carbocycles. The third-order valence-corrected chi connectivity index (χ3v) is 4.34. The molecule has 1 aromatic rings. The Morgan fingerprint density at radius 1 is 1.41 bits per heavy atom. The third kappa shape index (κ3) is 3.14. The van der Waals surface area contributed by atoms with E-state index in [4.69, 9.17) is 4.74 Å². The molecule has 1 aromatic carbocycles. The number of hydrogen-bond donors (Lipinski definition) is 1. The molecule has 2 amide bonds. The van der Waals surface area contributed by atoms with E-state index in [9.17, 15) is 9.59 Å². The zero-order valence-corrected chi connectivity index (χ0v) is 12.9. The van der Waals surface area contributed by atoms with Crippen molar-refractivity contribution in [3.63, 3.8) is 0 Å². The van der Waals surface area contributed by atoms with Crippen LogP contribution in [0.25, 0.3) is 0 Å². The summed E-state index contributed by atoms with van der Waals surface area (Å²) in [4.78, 5) is 25.8. The Kier molecular flexibility index (Phi) is 4.43. The first kappa shape index (κ1) is 15.0. The second-order valence-corrected chi connectivity index (χ2v) is 5.98. The molecule has 3 rings (SSSR count). The first-order valence-electron chi connectivity index (χ1n) is 7.97. The fraction of sp³-hybridized carbons (Fsp3) is 0.529. The van der Waals surface area contributed by atoms with Crippen molar-refractivity contribution >= 4 is 17.5 Å². The van der Waals surface area contributed by atoms with Gasteiger partial charge < -0.3 is 15.0 Å². The molecule has 2 aliphatic heterocycles. The summed E-state index contributed by atoms with van der Waals surface area (Å²) in [6, 6.07) is 7.75. The third-order valence-electron chi connectivity index (χ3n) is 4.34. The number of ether oxygens (including phenoxy) is 1. The quantitative estimate of drug-likeness (QED) is 0.927. The fourth-order valence-electron chi connectivity index (χ4n) is 3.06. The lowest BCUT2D eigenvalue weighted by molar-refractivity contribution is -0.130. The monoisotopic (exact) mass is 302 g/mol. The molecule has 0 spiro atoms. The number of hydrogen-bond acceptors (Lipinski definition) is 3. The van der Waals surface area contributed by atoms with Gasteiger partial charge in [-0.25, -0.2) is 0 Å². The van der Waals surface area contributed by atoms with E-state index in [-0.39, 0.29) is 24.0 Å². The highest BCUT2D eigenvalue weighted by molar-refractivity contribution is 5.95. The van der Waals surface area contributed by atoms with Gasteiger partial charge in [-0.1, -0.05) is 12.1 Å². The molecule has 2 saturated heterocycles. The van der Waals surface area contributed by atoms with Gasteiger partial charge in [0.25, 0.3) is 0 Å². The number of benzene rings is 1. The van der Waals surface area contributed by atoms with Crippen LogP contribution in [0.3, 0.4) is 0 Å². The van der Waals surface area contributed by atoms with Crippen molar-refractivity contribution in [2.45, 2.75) is 44.8 Å². The summed E-state index contributed by atoms with van der Waals surface area (Å²) in [5.41, 5.74) is 1.92. The molecule has 118 valence electrons. The molecular formula is C17H22N2O3. The van der Waals surface area contributed by atoms with Crippen molar-refractivity contribution in [3.8, 4) is 0 Å². The van der Waals surface area contributed by atoms with E-state index in [1.807, 2.05) is 36.1 Å². The van der Waals surface area contributed by atoms with Gasteiger partial charge in [-0.2, -0.15) is 0 Å². The second-order valence-electron chi connectivity index (χ2n) is 5.98. The lowest BCUT2D eigenvalue weighted by atomic mass is 10.1. The van der Waals surface area contributed by atoms with Gasteiger partial charge in [-0.05, 0) is 43.9 Å². The minimum atomic E-state index is -0.314. The normalized spacial score (nSPS) is 22.9. The van der Waals surface area contributed by atoms with Crippen LogP contribution in [-0.4, -0.2) is 31.1 Å². The molecule has 2 aliphatic rings. The second kappa shape index (κ2) is 6.48. The van der Waals surface area contributed by atoms with Gasteiger partial charge in [0.05, 0.1) is 6.04 Å². The van der Waals surface area contributed by atoms with Gasteiger partial charge in [0.1, 0.15) is 6.10 Å². The average molecular weight is 302 g/mol. The maximum absolute atomic E-state index is 12.1. The predicted molar refractivity (Wildman–Crippen MR) is 83.6 cm³/mol. The highest BCUT2D eigenvalue weighted by atomic mass is 16.5. The standard InChI is InChI=1S/C17H22N2O3/c1-12(18-17(21)15-7-4-10-22-15)13-5-2-6-14(11-13)19-9-3-8-16(19)20/h2,5-6,11-12,15H,3-4,7-10H2,1H3,(H,18,21)/t12-,15+/m1/s1. The maximum atomic E-state index is 12.1. The van der Waals surface area contributed by atoms with Crippen LogP contribution in [0.15, 0.2) is 24.3 Å². The van der Waals surface area contributed by atoms with Crippen LogP contribution in [-0.2, 0) is 14.3 Å². The molecule has 5 nitrogen and oxygen atoms in total. The largest absolute Gasteiger partial charge is 0.368 e. The van der Waals surface area contributed by atoms with E-state index >= 15 is 0 Å². The van der Waals surface area contributed by atoms with Crippen LogP contribution in [0.2, 0.25) is 0 Å². The van der Waals surface area contributed by atoms with Crippen LogP contribution >= 0.6 is 0 Å². The summed E-state index contributed by atoms with van der Waals surface area (Å²) in [5, 5.41) is 3.00. The molecule has 0 bridgehead atoms. The van der Waals surface area contributed by atoms with Crippen LogP contribution < -0.4 is 10.2 Å². The van der Waals surface area contributed by atoms with Gasteiger partial charge >= 0.3 is 0 Å². The van der Waals surface area contributed by atoms with E-state index in [1.165, 1.54) is 0 Å². The van der Waals surface area contributed by atoms with Crippen LogP contribution in [0.5, 0.6) is 0 Å². The van der Waals surface area contributed by atoms with E-state index in [0.717, 1.165) is 37.1 Å². The van der Waals surface area contributed by atoms with Crippen molar-refractivity contribution in [1.82, 2.24) is 5.32 Å². The lowest BCUT2D eigenvalue weighted by Gasteiger charge is -2.20. The number of amides is 2. The van der Waals surface area contributed by atoms with Crippen molar-refractivity contribution in [2.24, 2.45) is 0 Å². The first-order chi connectivity index (χ1) is 10.6. The summed E-state index contributed by atoms with van der Waals surface area (Å²) in [7, 11) is 0. The Hall–Kier alpha value is -1.88. The highest BCUT2D eigenvalue weighted by Crippen LogP contribution is 2.25. The van der Waals surface area contributed by atoms with E-state index in [2.05, 4.69) is 5.32 Å². The summed E-state index contributed by atoms with van der Waals surface area (Å²) in [6.07, 6.45) is 2.95. The Bertz CT molecular complexity index is 567. The Morgan fingerprint density at radius 2 is 2.27 bits per heavy atom. The Morgan fingerprint density at radius 3 is 2.95 bits per heavy atom. The molecular weight excluding hydrogens is 280 g/mol. The molecule has 2 atom stereocenters. The molecule has 2 heterocycles. The van der Waals surface area contributed by atoms with Crippen LogP contribution in [0, 0.1) is 0 Å². The molecule has 2 fully saturated rings. The smallest absolute Gasteiger partial charge is 0.249 e. The maximum Gasteiger partial charge on any atom is 0.249 e. The Labute approximate surface area is 130 Å². The molecule has 1 N–H and O–H groups in total. The van der Waals surface area contributed by atoms with E-state index in [0.29, 0.717) is 13.0 Å². The molecule has 22 heavy (non-hydrogen) atoms. The van der Waals surface area contributed by atoms with Crippen molar-refractivity contribution in [2.75, 3.05) is 18.1 Å². The predicted octanol–water partition coefficient (Wildman–Crippen LogP) is 2.17. The number of nitrogens with zero attached hydrogens (tertiary/aromatic N) is 1. The lowest BCUT2D eigenvalue weighted by Crippen LogP contribution is -2.35. The van der Waals surface area contributed by atoms with Crippen LogP contribution in [0.1, 0.15) is 44.2 Å². The number of carbonyl (C=O) groups excluding carboxylic acids is 2. The number of anilines is 1. The molecule has 0 aromatic heterocycles. The van der Waals surface area contributed by atoms with Crippen LogP contribution in [0.4, 0.5) is 5.69 Å². The van der Waals surface area contributed by atoms with Crippen molar-refractivity contribution in [3.05, 3.63) is 29.8 Å². The average Bonchev–Trinajstić information content (AvgIpc) is 3.18. The summed E-state index contributed by atoms with van der Waals surface area (Å²) in [5.74, 6) is 0.126. The topological polar surface area (TPSA) is 58.6 Å². The van der Waals surface area contributed by atoms with Gasteiger partial charge in [0.2, 0.25) is 11.8 Å². The Balaban J connectivity index is 1.68. The van der Waals surface area contributed by atoms with Gasteiger partial charge in [0.15, 0.2) is 0 Å². The van der Waals surface area contributed by atoms with Gasteiger partial charge in [-0.3, -0.25) is 9.59 Å². The van der Waals surface area contributed by atoms with Crippen molar-refractivity contribution < 1.29 is 14.3 Å². The van der Waals surface area contributed by atoms with E-state index < -0.39 is 0 Å². The van der Waals surface area contributed by atoms with E-state index in [1.54, 1.807) is 0 Å². The zero-order chi connectivity index (χ0) is 15.5. The molecule has 0 unspecified atom stereocenters. The number of rotatable bonds is 4. The zero-order valence-electron chi connectivity index (χ0n) is 12.9. The van der Waals surface area contributed by atoms with Gasteiger partial charge in [0, 0.05) is 25.3 Å². The summed E-state index contributed by atoms with van der Waals surface area (Å²) < 4.78 is 5.41. The molecule has 5 heteroatoms. The number of carbonyl (C=O) groups is 2. The minimum Gasteiger partial charge on any atom is -0.368 e. The fourth-order valence-corrected chi connectivity index (χ4v) is 3.06. The minimum absolute atomic E-state index is 0.0485. The highest BCUT2D eigenvalue weighted by Gasteiger charge is 2.25. The van der Waals surface area contributed by atoms with Gasteiger partial charge in [-0.15, -0.1) is 0 Å².